The van der Waals surface area contributed by atoms with Gasteiger partial charge in [0.25, 0.3) is 0 Å². The van der Waals surface area contributed by atoms with E-state index in [-0.39, 0.29) is 12.1 Å². The molecule has 0 aliphatic rings. The van der Waals surface area contributed by atoms with Gasteiger partial charge in [0.1, 0.15) is 18.5 Å². The number of unbranched alkanes of at least 4 members (excludes halogenated alkanes) is 1. The Labute approximate surface area is 150 Å². The second-order valence-electron chi connectivity index (χ2n) is 6.57. The van der Waals surface area contributed by atoms with Gasteiger partial charge in [-0.1, -0.05) is 63.6 Å². The third-order valence-electron chi connectivity index (χ3n) is 3.96. The zero-order chi connectivity index (χ0) is 18.1. The lowest BCUT2D eigenvalue weighted by molar-refractivity contribution is -0.150. The lowest BCUT2D eigenvalue weighted by Crippen LogP contribution is -2.38. The van der Waals surface area contributed by atoms with Crippen LogP contribution in [0.5, 0.6) is 5.75 Å². The highest BCUT2D eigenvalue weighted by atomic mass is 16.6. The first kappa shape index (κ1) is 19.3. The van der Waals surface area contributed by atoms with E-state index in [9.17, 15) is 4.79 Å². The van der Waals surface area contributed by atoms with Gasteiger partial charge in [0, 0.05) is 24.4 Å². The fourth-order valence-electron chi connectivity index (χ4n) is 2.57. The van der Waals surface area contributed by atoms with Crippen LogP contribution in [0.1, 0.15) is 40.0 Å². The van der Waals surface area contributed by atoms with Crippen LogP contribution in [0.15, 0.2) is 42.5 Å². The molecule has 0 spiro atoms. The SMILES string of the molecule is CCCCC(=O)OC(CNC(C)C)COc1cccc2ccccc12. The van der Waals surface area contributed by atoms with Crippen molar-refractivity contribution in [3.63, 3.8) is 0 Å². The van der Waals surface area contributed by atoms with E-state index in [1.165, 1.54) is 0 Å². The predicted octanol–water partition coefficient (Wildman–Crippen LogP) is 4.32. The lowest BCUT2D eigenvalue weighted by Gasteiger charge is -2.21. The third-order valence-corrected chi connectivity index (χ3v) is 3.96. The maximum Gasteiger partial charge on any atom is 0.306 e. The van der Waals surface area contributed by atoms with E-state index in [1.54, 1.807) is 0 Å². The van der Waals surface area contributed by atoms with E-state index in [0.717, 1.165) is 29.4 Å². The van der Waals surface area contributed by atoms with Crippen molar-refractivity contribution in [2.45, 2.75) is 52.2 Å². The average Bonchev–Trinajstić information content (AvgIpc) is 2.62. The van der Waals surface area contributed by atoms with Crippen LogP contribution in [0, 0.1) is 0 Å². The molecule has 2 aromatic rings. The lowest BCUT2D eigenvalue weighted by atomic mass is 10.1. The molecule has 4 heteroatoms. The summed E-state index contributed by atoms with van der Waals surface area (Å²) >= 11 is 0. The van der Waals surface area contributed by atoms with Crippen LogP contribution in [0.2, 0.25) is 0 Å². The van der Waals surface area contributed by atoms with Gasteiger partial charge in [0.05, 0.1) is 0 Å². The molecule has 0 amide bonds. The second-order valence-corrected chi connectivity index (χ2v) is 6.57. The molecule has 0 radical (unpaired) electrons. The highest BCUT2D eigenvalue weighted by Gasteiger charge is 2.16. The Bertz CT molecular complexity index is 664. The largest absolute Gasteiger partial charge is 0.489 e. The molecule has 0 saturated heterocycles. The van der Waals surface area contributed by atoms with Crippen LogP contribution < -0.4 is 10.1 Å². The number of benzene rings is 2. The van der Waals surface area contributed by atoms with Gasteiger partial charge < -0.3 is 14.8 Å². The normalized spacial score (nSPS) is 12.3. The number of rotatable bonds is 10. The summed E-state index contributed by atoms with van der Waals surface area (Å²) in [5.41, 5.74) is 0. The number of esters is 1. The molecule has 0 aliphatic carbocycles. The van der Waals surface area contributed by atoms with Crippen LogP contribution in [-0.2, 0) is 9.53 Å². The van der Waals surface area contributed by atoms with Gasteiger partial charge in [0.15, 0.2) is 0 Å². The highest BCUT2D eigenvalue weighted by molar-refractivity contribution is 5.88. The quantitative estimate of drug-likeness (QED) is 0.653. The van der Waals surface area contributed by atoms with E-state index >= 15 is 0 Å². The van der Waals surface area contributed by atoms with Crippen molar-refractivity contribution in [2.24, 2.45) is 0 Å². The minimum absolute atomic E-state index is 0.154. The Morgan fingerprint density at radius 2 is 1.88 bits per heavy atom. The maximum absolute atomic E-state index is 12.0. The molecule has 0 heterocycles. The second kappa shape index (κ2) is 10.0. The summed E-state index contributed by atoms with van der Waals surface area (Å²) in [7, 11) is 0. The Kier molecular flexibility index (Phi) is 7.74. The van der Waals surface area contributed by atoms with Crippen molar-refractivity contribution in [3.8, 4) is 5.75 Å². The molecule has 136 valence electrons. The number of fused-ring (bicyclic) bond motifs is 1. The van der Waals surface area contributed by atoms with Crippen molar-refractivity contribution < 1.29 is 14.3 Å². The van der Waals surface area contributed by atoms with Crippen LogP contribution in [-0.4, -0.2) is 31.3 Å². The molecule has 1 unspecified atom stereocenters. The molecule has 0 saturated carbocycles. The molecule has 0 aromatic heterocycles. The molecule has 25 heavy (non-hydrogen) atoms. The molecule has 0 fully saturated rings. The van der Waals surface area contributed by atoms with Gasteiger partial charge in [-0.15, -0.1) is 0 Å². The first-order chi connectivity index (χ1) is 12.1. The minimum atomic E-state index is -0.300. The van der Waals surface area contributed by atoms with E-state index in [0.29, 0.717) is 25.6 Å². The number of carbonyl (C=O) groups excluding carboxylic acids is 1. The molecular weight excluding hydrogens is 314 g/mol. The smallest absolute Gasteiger partial charge is 0.306 e. The van der Waals surface area contributed by atoms with Crippen LogP contribution in [0.25, 0.3) is 10.8 Å². The Morgan fingerprint density at radius 1 is 1.12 bits per heavy atom. The van der Waals surface area contributed by atoms with Gasteiger partial charge in [-0.3, -0.25) is 4.79 Å². The summed E-state index contributed by atoms with van der Waals surface area (Å²) in [5.74, 6) is 0.663. The van der Waals surface area contributed by atoms with E-state index in [4.69, 9.17) is 9.47 Å². The molecule has 1 atom stereocenters. The van der Waals surface area contributed by atoms with E-state index in [2.05, 4.69) is 38.2 Å². The number of hydrogen-bond acceptors (Lipinski definition) is 4. The fraction of sp³-hybridized carbons (Fsp3) is 0.476. The summed E-state index contributed by atoms with van der Waals surface area (Å²) < 4.78 is 11.6. The van der Waals surface area contributed by atoms with Crippen molar-refractivity contribution in [2.75, 3.05) is 13.2 Å². The summed E-state index contributed by atoms with van der Waals surface area (Å²) in [6.07, 6.45) is 2.00. The summed E-state index contributed by atoms with van der Waals surface area (Å²) in [6.45, 7) is 7.13. The third kappa shape index (κ3) is 6.39. The van der Waals surface area contributed by atoms with Crippen LogP contribution >= 0.6 is 0 Å². The predicted molar refractivity (Wildman–Crippen MR) is 102 cm³/mol. The number of nitrogens with one attached hydrogen (secondary N) is 1. The summed E-state index contributed by atoms with van der Waals surface area (Å²) in [6, 6.07) is 14.4. The zero-order valence-corrected chi connectivity index (χ0v) is 15.5. The summed E-state index contributed by atoms with van der Waals surface area (Å²) in [4.78, 5) is 12.0. The first-order valence-electron chi connectivity index (χ1n) is 9.13. The topological polar surface area (TPSA) is 47.6 Å². The number of ether oxygens (including phenoxy) is 2. The van der Waals surface area contributed by atoms with Gasteiger partial charge >= 0.3 is 5.97 Å². The standard InChI is InChI=1S/C21H29NO3/c1-4-5-13-21(23)25-18(14-22-16(2)3)15-24-20-12-8-10-17-9-6-7-11-19(17)20/h6-12,16,18,22H,4-5,13-15H2,1-3H3. The van der Waals surface area contributed by atoms with Crippen LogP contribution in [0.3, 0.4) is 0 Å². The zero-order valence-electron chi connectivity index (χ0n) is 15.5. The minimum Gasteiger partial charge on any atom is -0.489 e. The first-order valence-corrected chi connectivity index (χ1v) is 9.13. The molecule has 2 aromatic carbocycles. The van der Waals surface area contributed by atoms with Crippen molar-refractivity contribution in [1.29, 1.82) is 0 Å². The van der Waals surface area contributed by atoms with Gasteiger partial charge in [-0.2, -0.15) is 0 Å². The number of carbonyl (C=O) groups is 1. The monoisotopic (exact) mass is 343 g/mol. The Morgan fingerprint density at radius 3 is 2.64 bits per heavy atom. The molecule has 4 nitrogen and oxygen atoms in total. The average molecular weight is 343 g/mol. The van der Waals surface area contributed by atoms with Gasteiger partial charge in [-0.25, -0.2) is 0 Å². The molecule has 0 bridgehead atoms. The Hall–Kier alpha value is -2.07. The van der Waals surface area contributed by atoms with Crippen LogP contribution in [0.4, 0.5) is 0 Å². The van der Waals surface area contributed by atoms with Gasteiger partial charge in [0.2, 0.25) is 0 Å². The van der Waals surface area contributed by atoms with Crippen molar-refractivity contribution in [3.05, 3.63) is 42.5 Å². The van der Waals surface area contributed by atoms with E-state index in [1.807, 2.05) is 30.3 Å². The molecular formula is C21H29NO3. The molecule has 2 rings (SSSR count). The van der Waals surface area contributed by atoms with E-state index < -0.39 is 0 Å². The number of hydrogen-bond donors (Lipinski definition) is 1. The molecule has 0 aliphatic heterocycles. The summed E-state index contributed by atoms with van der Waals surface area (Å²) in [5, 5.41) is 5.53. The highest BCUT2D eigenvalue weighted by Crippen LogP contribution is 2.25. The molecule has 1 N–H and O–H groups in total. The fourth-order valence-corrected chi connectivity index (χ4v) is 2.57. The Balaban J connectivity index is 2.00. The van der Waals surface area contributed by atoms with Crippen molar-refractivity contribution in [1.82, 2.24) is 5.32 Å². The van der Waals surface area contributed by atoms with Gasteiger partial charge in [-0.05, 0) is 17.9 Å². The maximum atomic E-state index is 12.0. The van der Waals surface area contributed by atoms with Crippen molar-refractivity contribution >= 4 is 16.7 Å².